The summed E-state index contributed by atoms with van der Waals surface area (Å²) in [5, 5.41) is 7.77. The van der Waals surface area contributed by atoms with Gasteiger partial charge in [0, 0.05) is 23.1 Å². The Morgan fingerprint density at radius 2 is 1.73 bits per heavy atom. The summed E-state index contributed by atoms with van der Waals surface area (Å²) in [4.78, 5) is 16.9. The van der Waals surface area contributed by atoms with E-state index in [4.69, 9.17) is 23.7 Å². The van der Waals surface area contributed by atoms with E-state index in [0.29, 0.717) is 39.6 Å². The second kappa shape index (κ2) is 8.37. The van der Waals surface area contributed by atoms with Crippen LogP contribution in [0.25, 0.3) is 11.3 Å². The number of benzene rings is 2. The van der Waals surface area contributed by atoms with Crippen LogP contribution in [0.1, 0.15) is 0 Å². The zero-order valence-corrected chi connectivity index (χ0v) is 17.3. The van der Waals surface area contributed by atoms with Gasteiger partial charge in [-0.15, -0.1) is 11.3 Å². The highest BCUT2D eigenvalue weighted by Crippen LogP contribution is 2.40. The van der Waals surface area contributed by atoms with Gasteiger partial charge in [-0.05, 0) is 18.2 Å². The molecule has 4 rings (SSSR count). The Labute approximate surface area is 176 Å². The number of amides is 2. The fraction of sp³-hybridized carbons (Fsp3) is 0.200. The molecule has 0 fully saturated rings. The van der Waals surface area contributed by atoms with Crippen molar-refractivity contribution in [1.29, 1.82) is 0 Å². The molecule has 0 saturated carbocycles. The second-order valence-electron chi connectivity index (χ2n) is 6.10. The Morgan fingerprint density at radius 1 is 1.00 bits per heavy atom. The van der Waals surface area contributed by atoms with Crippen molar-refractivity contribution in [2.45, 2.75) is 0 Å². The first-order valence-electron chi connectivity index (χ1n) is 8.85. The number of carbonyl (C=O) groups is 1. The summed E-state index contributed by atoms with van der Waals surface area (Å²) in [6.45, 7) is 0.212. The molecule has 0 atom stereocenters. The van der Waals surface area contributed by atoms with Crippen LogP contribution in [0.5, 0.6) is 28.7 Å². The first kappa shape index (κ1) is 19.6. The second-order valence-corrected chi connectivity index (χ2v) is 6.96. The average Bonchev–Trinajstić information content (AvgIpc) is 3.41. The molecule has 10 heteroatoms. The standard InChI is InChI=1S/C20H19N3O6S/c1-25-16-7-12(8-17(26-2)18(16)27-3)21-19(24)23-20-22-13(9-30-20)11-4-5-14-15(6-11)29-10-28-14/h4-9H,10H2,1-3H3,(H2,21,22,23,24). The lowest BCUT2D eigenvalue weighted by atomic mass is 10.1. The van der Waals surface area contributed by atoms with Crippen LogP contribution in [0.2, 0.25) is 0 Å². The van der Waals surface area contributed by atoms with Gasteiger partial charge in [-0.1, -0.05) is 0 Å². The Bertz CT molecular complexity index is 1060. The molecule has 2 heterocycles. The number of urea groups is 1. The summed E-state index contributed by atoms with van der Waals surface area (Å²) < 4.78 is 26.6. The van der Waals surface area contributed by atoms with Gasteiger partial charge in [0.1, 0.15) is 0 Å². The Balaban J connectivity index is 1.46. The van der Waals surface area contributed by atoms with Crippen molar-refractivity contribution in [3.8, 4) is 40.0 Å². The number of nitrogens with zero attached hydrogens (tertiary/aromatic N) is 1. The molecule has 0 saturated heterocycles. The summed E-state index contributed by atoms with van der Waals surface area (Å²) in [7, 11) is 4.53. The first-order chi connectivity index (χ1) is 14.6. The maximum absolute atomic E-state index is 12.4. The van der Waals surface area contributed by atoms with Crippen LogP contribution in [-0.4, -0.2) is 39.1 Å². The van der Waals surface area contributed by atoms with Gasteiger partial charge >= 0.3 is 6.03 Å². The van der Waals surface area contributed by atoms with Crippen molar-refractivity contribution in [3.05, 3.63) is 35.7 Å². The third kappa shape index (κ3) is 3.90. The van der Waals surface area contributed by atoms with Crippen LogP contribution in [-0.2, 0) is 0 Å². The van der Waals surface area contributed by atoms with E-state index >= 15 is 0 Å². The number of methoxy groups -OCH3 is 3. The maximum atomic E-state index is 12.4. The SMILES string of the molecule is COc1cc(NC(=O)Nc2nc(-c3ccc4c(c3)OCO4)cs2)cc(OC)c1OC. The van der Waals surface area contributed by atoms with Crippen LogP contribution >= 0.6 is 11.3 Å². The van der Waals surface area contributed by atoms with E-state index in [1.807, 2.05) is 23.6 Å². The predicted molar refractivity (Wildman–Crippen MR) is 112 cm³/mol. The van der Waals surface area contributed by atoms with Gasteiger partial charge in [0.05, 0.1) is 32.7 Å². The lowest BCUT2D eigenvalue weighted by Crippen LogP contribution is -2.19. The molecule has 156 valence electrons. The molecule has 0 aliphatic carbocycles. The van der Waals surface area contributed by atoms with Gasteiger partial charge < -0.3 is 29.0 Å². The van der Waals surface area contributed by atoms with E-state index in [2.05, 4.69) is 15.6 Å². The smallest absolute Gasteiger partial charge is 0.325 e. The van der Waals surface area contributed by atoms with Crippen LogP contribution < -0.4 is 34.3 Å². The Kier molecular flexibility index (Phi) is 5.48. The van der Waals surface area contributed by atoms with Crippen LogP contribution in [0.15, 0.2) is 35.7 Å². The average molecular weight is 429 g/mol. The minimum absolute atomic E-state index is 0.212. The van der Waals surface area contributed by atoms with Crippen molar-refractivity contribution in [2.75, 3.05) is 38.8 Å². The van der Waals surface area contributed by atoms with Crippen LogP contribution in [0.4, 0.5) is 15.6 Å². The number of nitrogens with one attached hydrogen (secondary N) is 2. The van der Waals surface area contributed by atoms with E-state index in [-0.39, 0.29) is 6.79 Å². The molecule has 9 nitrogen and oxygen atoms in total. The Hall–Kier alpha value is -3.66. The highest BCUT2D eigenvalue weighted by atomic mass is 32.1. The van der Waals surface area contributed by atoms with Gasteiger partial charge in [0.15, 0.2) is 28.1 Å². The zero-order chi connectivity index (χ0) is 21.1. The van der Waals surface area contributed by atoms with Crippen LogP contribution in [0.3, 0.4) is 0 Å². The number of hydrogen-bond donors (Lipinski definition) is 2. The van der Waals surface area contributed by atoms with Crippen molar-refractivity contribution in [2.24, 2.45) is 0 Å². The van der Waals surface area contributed by atoms with E-state index < -0.39 is 6.03 Å². The highest BCUT2D eigenvalue weighted by Gasteiger charge is 2.17. The van der Waals surface area contributed by atoms with E-state index in [0.717, 1.165) is 11.3 Å². The van der Waals surface area contributed by atoms with Gasteiger partial charge in [0.25, 0.3) is 0 Å². The minimum Gasteiger partial charge on any atom is -0.493 e. The third-order valence-corrected chi connectivity index (χ3v) is 5.07. The lowest BCUT2D eigenvalue weighted by molar-refractivity contribution is 0.174. The number of ether oxygens (including phenoxy) is 5. The van der Waals surface area contributed by atoms with Gasteiger partial charge in [-0.2, -0.15) is 0 Å². The zero-order valence-electron chi connectivity index (χ0n) is 16.5. The van der Waals surface area contributed by atoms with Crippen LogP contribution in [0, 0.1) is 0 Å². The van der Waals surface area contributed by atoms with Crippen molar-refractivity contribution in [3.63, 3.8) is 0 Å². The molecule has 2 aromatic carbocycles. The summed E-state index contributed by atoms with van der Waals surface area (Å²) in [6.07, 6.45) is 0. The molecular weight excluding hydrogens is 410 g/mol. The monoisotopic (exact) mass is 429 g/mol. The number of rotatable bonds is 6. The van der Waals surface area contributed by atoms with Crippen molar-refractivity contribution >= 4 is 28.2 Å². The highest BCUT2D eigenvalue weighted by molar-refractivity contribution is 7.14. The summed E-state index contributed by atoms with van der Waals surface area (Å²) in [5.74, 6) is 2.70. The molecule has 1 aliphatic heterocycles. The molecule has 30 heavy (non-hydrogen) atoms. The summed E-state index contributed by atoms with van der Waals surface area (Å²) in [5.41, 5.74) is 2.07. The van der Waals surface area contributed by atoms with Gasteiger partial charge in [0.2, 0.25) is 12.5 Å². The Morgan fingerprint density at radius 3 is 2.43 bits per heavy atom. The third-order valence-electron chi connectivity index (χ3n) is 4.32. The number of hydrogen-bond acceptors (Lipinski definition) is 8. The van der Waals surface area contributed by atoms with Gasteiger partial charge in [-0.3, -0.25) is 5.32 Å². The summed E-state index contributed by atoms with van der Waals surface area (Å²) in [6, 6.07) is 8.42. The van der Waals surface area contributed by atoms with Crippen molar-refractivity contribution in [1.82, 2.24) is 4.98 Å². The fourth-order valence-electron chi connectivity index (χ4n) is 2.93. The molecule has 1 aliphatic rings. The molecule has 1 aromatic heterocycles. The molecule has 3 aromatic rings. The largest absolute Gasteiger partial charge is 0.493 e. The number of carbonyl (C=O) groups excluding carboxylic acids is 1. The molecule has 0 radical (unpaired) electrons. The normalized spacial score (nSPS) is 11.7. The number of aromatic nitrogens is 1. The van der Waals surface area contributed by atoms with Gasteiger partial charge in [-0.25, -0.2) is 9.78 Å². The predicted octanol–water partition coefficient (Wildman–Crippen LogP) is 4.21. The molecule has 0 bridgehead atoms. The quantitative estimate of drug-likeness (QED) is 0.605. The minimum atomic E-state index is -0.448. The number of fused-ring (bicyclic) bond motifs is 1. The first-order valence-corrected chi connectivity index (χ1v) is 9.72. The molecular formula is C20H19N3O6S. The number of thiazole rings is 1. The van der Waals surface area contributed by atoms with E-state index in [1.165, 1.54) is 32.7 Å². The number of anilines is 2. The van der Waals surface area contributed by atoms with E-state index in [9.17, 15) is 4.79 Å². The molecule has 0 spiro atoms. The molecule has 0 unspecified atom stereocenters. The maximum Gasteiger partial charge on any atom is 0.325 e. The lowest BCUT2D eigenvalue weighted by Gasteiger charge is -2.14. The summed E-state index contributed by atoms with van der Waals surface area (Å²) >= 11 is 1.31. The van der Waals surface area contributed by atoms with Crippen molar-refractivity contribution < 1.29 is 28.5 Å². The fourth-order valence-corrected chi connectivity index (χ4v) is 3.65. The molecule has 2 amide bonds. The topological polar surface area (TPSA) is 100 Å². The van der Waals surface area contributed by atoms with E-state index in [1.54, 1.807) is 12.1 Å². The molecule has 2 N–H and O–H groups in total.